The van der Waals surface area contributed by atoms with Crippen LogP contribution in [0.2, 0.25) is 5.02 Å². The Labute approximate surface area is 129 Å². The largest absolute Gasteiger partial charge is 0.398 e. The van der Waals surface area contributed by atoms with E-state index in [1.807, 2.05) is 32.0 Å². The number of nitrogens with zero attached hydrogens (tertiary/aromatic N) is 2. The van der Waals surface area contributed by atoms with E-state index in [9.17, 15) is 4.79 Å². The highest BCUT2D eigenvalue weighted by Crippen LogP contribution is 2.21. The van der Waals surface area contributed by atoms with E-state index in [0.717, 1.165) is 5.69 Å². The molecule has 0 unspecified atom stereocenters. The molecule has 0 saturated heterocycles. The number of nitrogens with two attached hydrogens (primary N) is 1. The Hall–Kier alpha value is -2.07. The lowest BCUT2D eigenvalue weighted by atomic mass is 10.1. The average molecular weight is 304 g/mol. The molecule has 0 atom stereocenters. The molecular weight excluding hydrogens is 286 g/mol. The first-order valence-electron chi connectivity index (χ1n) is 6.75. The molecular formula is C16H18ClN3O. The number of aromatic nitrogens is 1. The lowest BCUT2D eigenvalue weighted by Crippen LogP contribution is -2.36. The van der Waals surface area contributed by atoms with Crippen LogP contribution in [0.1, 0.15) is 29.9 Å². The fraction of sp³-hybridized carbons (Fsp3) is 0.250. The Kier molecular flexibility index (Phi) is 4.81. The molecule has 5 heteroatoms. The van der Waals surface area contributed by atoms with Crippen LogP contribution in [0.4, 0.5) is 5.69 Å². The normalized spacial score (nSPS) is 10.7. The predicted octanol–water partition coefficient (Wildman–Crippen LogP) is 3.37. The quantitative estimate of drug-likeness (QED) is 0.881. The number of carbonyl (C=O) groups excluding carboxylic acids is 1. The third-order valence-electron chi connectivity index (χ3n) is 3.19. The van der Waals surface area contributed by atoms with Gasteiger partial charge < -0.3 is 10.6 Å². The molecule has 0 aliphatic rings. The standard InChI is InChI=1S/C16H18ClN3O/c1-11(2)20(10-13-5-3-4-8-19-13)16(21)12-6-7-15(18)14(17)9-12/h3-9,11H,10,18H2,1-2H3. The third-order valence-corrected chi connectivity index (χ3v) is 3.52. The summed E-state index contributed by atoms with van der Waals surface area (Å²) in [5.41, 5.74) is 7.52. The van der Waals surface area contributed by atoms with Crippen LogP contribution in [0.15, 0.2) is 42.6 Å². The van der Waals surface area contributed by atoms with Crippen LogP contribution in [-0.4, -0.2) is 21.8 Å². The van der Waals surface area contributed by atoms with Crippen molar-refractivity contribution >= 4 is 23.2 Å². The first-order chi connectivity index (χ1) is 9.99. The minimum atomic E-state index is -0.0856. The second-order valence-corrected chi connectivity index (χ2v) is 5.49. The second kappa shape index (κ2) is 6.59. The van der Waals surface area contributed by atoms with Gasteiger partial charge in [-0.15, -0.1) is 0 Å². The van der Waals surface area contributed by atoms with Crippen molar-refractivity contribution in [3.8, 4) is 0 Å². The molecule has 110 valence electrons. The molecule has 1 amide bonds. The van der Waals surface area contributed by atoms with E-state index in [4.69, 9.17) is 17.3 Å². The van der Waals surface area contributed by atoms with Crippen molar-refractivity contribution in [2.45, 2.75) is 26.4 Å². The summed E-state index contributed by atoms with van der Waals surface area (Å²) in [6.07, 6.45) is 1.72. The molecule has 0 spiro atoms. The lowest BCUT2D eigenvalue weighted by molar-refractivity contribution is 0.0688. The second-order valence-electron chi connectivity index (χ2n) is 5.08. The Morgan fingerprint density at radius 3 is 2.67 bits per heavy atom. The number of pyridine rings is 1. The topological polar surface area (TPSA) is 59.2 Å². The van der Waals surface area contributed by atoms with Crippen LogP contribution in [0.3, 0.4) is 0 Å². The van der Waals surface area contributed by atoms with E-state index in [2.05, 4.69) is 4.98 Å². The maximum absolute atomic E-state index is 12.7. The van der Waals surface area contributed by atoms with Gasteiger partial charge >= 0.3 is 0 Å². The highest BCUT2D eigenvalue weighted by atomic mass is 35.5. The first kappa shape index (κ1) is 15.3. The highest BCUT2D eigenvalue weighted by molar-refractivity contribution is 6.33. The van der Waals surface area contributed by atoms with Gasteiger partial charge in [-0.3, -0.25) is 9.78 Å². The summed E-state index contributed by atoms with van der Waals surface area (Å²) >= 11 is 5.99. The Bertz CT molecular complexity index is 629. The van der Waals surface area contributed by atoms with Crippen molar-refractivity contribution in [2.24, 2.45) is 0 Å². The number of halogens is 1. The summed E-state index contributed by atoms with van der Waals surface area (Å²) < 4.78 is 0. The number of rotatable bonds is 4. The van der Waals surface area contributed by atoms with Gasteiger partial charge in [0.15, 0.2) is 0 Å². The zero-order valence-electron chi connectivity index (χ0n) is 12.1. The SMILES string of the molecule is CC(C)N(Cc1ccccn1)C(=O)c1ccc(N)c(Cl)c1. The minimum Gasteiger partial charge on any atom is -0.398 e. The van der Waals surface area contributed by atoms with Gasteiger partial charge in [-0.05, 0) is 44.2 Å². The molecule has 1 aromatic carbocycles. The summed E-state index contributed by atoms with van der Waals surface area (Å²) in [6.45, 7) is 4.40. The number of anilines is 1. The average Bonchev–Trinajstić information content (AvgIpc) is 2.47. The Balaban J connectivity index is 2.25. The van der Waals surface area contributed by atoms with Crippen LogP contribution in [0, 0.1) is 0 Å². The van der Waals surface area contributed by atoms with E-state index in [1.54, 1.807) is 29.3 Å². The fourth-order valence-corrected chi connectivity index (χ4v) is 2.16. The van der Waals surface area contributed by atoms with E-state index in [-0.39, 0.29) is 11.9 Å². The molecule has 21 heavy (non-hydrogen) atoms. The van der Waals surface area contributed by atoms with Crippen molar-refractivity contribution in [3.05, 3.63) is 58.9 Å². The Morgan fingerprint density at radius 2 is 2.10 bits per heavy atom. The molecule has 4 nitrogen and oxygen atoms in total. The van der Waals surface area contributed by atoms with Crippen molar-refractivity contribution in [2.75, 3.05) is 5.73 Å². The van der Waals surface area contributed by atoms with Crippen molar-refractivity contribution in [1.82, 2.24) is 9.88 Å². The molecule has 2 N–H and O–H groups in total. The molecule has 0 bridgehead atoms. The lowest BCUT2D eigenvalue weighted by Gasteiger charge is -2.26. The summed E-state index contributed by atoms with van der Waals surface area (Å²) in [7, 11) is 0. The van der Waals surface area contributed by atoms with E-state index < -0.39 is 0 Å². The molecule has 2 rings (SSSR count). The summed E-state index contributed by atoms with van der Waals surface area (Å²) in [5.74, 6) is -0.0856. The molecule has 1 aromatic heterocycles. The van der Waals surface area contributed by atoms with Crippen LogP contribution < -0.4 is 5.73 Å². The minimum absolute atomic E-state index is 0.0517. The zero-order chi connectivity index (χ0) is 15.4. The molecule has 0 aliphatic heterocycles. The number of hydrogen-bond acceptors (Lipinski definition) is 3. The smallest absolute Gasteiger partial charge is 0.254 e. The van der Waals surface area contributed by atoms with Gasteiger partial charge in [-0.1, -0.05) is 17.7 Å². The van der Waals surface area contributed by atoms with Crippen LogP contribution in [-0.2, 0) is 6.54 Å². The number of amides is 1. The fourth-order valence-electron chi connectivity index (χ4n) is 1.98. The predicted molar refractivity (Wildman–Crippen MR) is 85.1 cm³/mol. The van der Waals surface area contributed by atoms with Gasteiger partial charge in [0, 0.05) is 17.8 Å². The number of benzene rings is 1. The van der Waals surface area contributed by atoms with Gasteiger partial charge in [0.05, 0.1) is 22.9 Å². The molecule has 0 radical (unpaired) electrons. The third kappa shape index (κ3) is 3.73. The van der Waals surface area contributed by atoms with E-state index in [0.29, 0.717) is 22.8 Å². The molecule has 0 aliphatic carbocycles. The first-order valence-corrected chi connectivity index (χ1v) is 7.12. The highest BCUT2D eigenvalue weighted by Gasteiger charge is 2.20. The molecule has 2 aromatic rings. The van der Waals surface area contributed by atoms with Crippen LogP contribution in [0.5, 0.6) is 0 Å². The maximum Gasteiger partial charge on any atom is 0.254 e. The molecule has 0 fully saturated rings. The van der Waals surface area contributed by atoms with E-state index in [1.165, 1.54) is 0 Å². The summed E-state index contributed by atoms with van der Waals surface area (Å²) in [4.78, 5) is 18.7. The van der Waals surface area contributed by atoms with Crippen molar-refractivity contribution < 1.29 is 4.79 Å². The van der Waals surface area contributed by atoms with Gasteiger partial charge in [0.1, 0.15) is 0 Å². The molecule has 1 heterocycles. The summed E-state index contributed by atoms with van der Waals surface area (Å²) in [6, 6.07) is 10.7. The zero-order valence-corrected chi connectivity index (χ0v) is 12.8. The summed E-state index contributed by atoms with van der Waals surface area (Å²) in [5, 5.41) is 0.391. The Morgan fingerprint density at radius 1 is 1.33 bits per heavy atom. The van der Waals surface area contributed by atoms with Gasteiger partial charge in [-0.25, -0.2) is 0 Å². The number of hydrogen-bond donors (Lipinski definition) is 1. The van der Waals surface area contributed by atoms with Gasteiger partial charge in [0.25, 0.3) is 5.91 Å². The van der Waals surface area contributed by atoms with Gasteiger partial charge in [0.2, 0.25) is 0 Å². The maximum atomic E-state index is 12.7. The van der Waals surface area contributed by atoms with E-state index >= 15 is 0 Å². The monoisotopic (exact) mass is 303 g/mol. The van der Waals surface area contributed by atoms with Crippen molar-refractivity contribution in [1.29, 1.82) is 0 Å². The number of carbonyl (C=O) groups is 1. The molecule has 0 saturated carbocycles. The number of nitrogen functional groups attached to an aromatic ring is 1. The van der Waals surface area contributed by atoms with Gasteiger partial charge in [-0.2, -0.15) is 0 Å². The van der Waals surface area contributed by atoms with Crippen molar-refractivity contribution in [3.63, 3.8) is 0 Å². The van der Waals surface area contributed by atoms with Crippen LogP contribution in [0.25, 0.3) is 0 Å². The van der Waals surface area contributed by atoms with Crippen LogP contribution >= 0.6 is 11.6 Å².